The summed E-state index contributed by atoms with van der Waals surface area (Å²) in [5, 5.41) is 3.08. The average Bonchev–Trinajstić information content (AvgIpc) is 2.21. The Morgan fingerprint density at radius 3 is 1.64 bits per heavy atom. The molecule has 14 heavy (non-hydrogen) atoms. The number of hydrogen-bond donors (Lipinski definition) is 1. The standard InChI is InChI=1S/C10H9N3.ClH/c1-3-7-11-9(5-1)13-10-6-2-4-8-12-10;/h1-8H,(H,11,12,13);1H. The molecule has 0 fully saturated rings. The highest BCUT2D eigenvalue weighted by molar-refractivity contribution is 5.85. The third kappa shape index (κ3) is 2.71. The highest BCUT2D eigenvalue weighted by atomic mass is 35.5. The molecule has 0 atom stereocenters. The summed E-state index contributed by atoms with van der Waals surface area (Å²) in [5.74, 6) is 1.61. The molecule has 0 spiro atoms. The maximum atomic E-state index is 4.12. The van der Waals surface area contributed by atoms with Crippen LogP contribution in [0.3, 0.4) is 0 Å². The molecule has 0 saturated carbocycles. The zero-order valence-corrected chi connectivity index (χ0v) is 8.24. The highest BCUT2D eigenvalue weighted by Gasteiger charge is 1.92. The molecule has 3 nitrogen and oxygen atoms in total. The summed E-state index contributed by atoms with van der Waals surface area (Å²) < 4.78 is 0. The van der Waals surface area contributed by atoms with E-state index in [1.54, 1.807) is 12.4 Å². The van der Waals surface area contributed by atoms with Gasteiger partial charge >= 0.3 is 0 Å². The highest BCUT2D eigenvalue weighted by Crippen LogP contribution is 2.08. The van der Waals surface area contributed by atoms with Crippen molar-refractivity contribution in [3.63, 3.8) is 0 Å². The molecule has 0 unspecified atom stereocenters. The summed E-state index contributed by atoms with van der Waals surface area (Å²) in [6, 6.07) is 11.4. The average molecular weight is 208 g/mol. The second-order valence-corrected chi connectivity index (χ2v) is 2.55. The lowest BCUT2D eigenvalue weighted by molar-refractivity contribution is 1.25. The number of halogens is 1. The minimum atomic E-state index is 0. The van der Waals surface area contributed by atoms with E-state index in [4.69, 9.17) is 0 Å². The van der Waals surface area contributed by atoms with Crippen molar-refractivity contribution in [2.75, 3.05) is 5.32 Å². The molecule has 0 amide bonds. The van der Waals surface area contributed by atoms with Gasteiger partial charge < -0.3 is 5.32 Å². The number of rotatable bonds is 2. The van der Waals surface area contributed by atoms with Gasteiger partial charge in [-0.3, -0.25) is 0 Å². The molecule has 2 aromatic heterocycles. The first-order chi connectivity index (χ1) is 6.45. The van der Waals surface area contributed by atoms with Gasteiger partial charge in [-0.2, -0.15) is 0 Å². The van der Waals surface area contributed by atoms with Crippen LogP contribution in [0.25, 0.3) is 0 Å². The smallest absolute Gasteiger partial charge is 0.131 e. The first-order valence-corrected chi connectivity index (χ1v) is 4.04. The van der Waals surface area contributed by atoms with Crippen molar-refractivity contribution < 1.29 is 0 Å². The van der Waals surface area contributed by atoms with E-state index in [0.717, 1.165) is 11.6 Å². The number of hydrogen-bond acceptors (Lipinski definition) is 3. The summed E-state index contributed by atoms with van der Waals surface area (Å²) in [5.41, 5.74) is 0. The first kappa shape index (κ1) is 10.5. The van der Waals surface area contributed by atoms with Gasteiger partial charge in [0.1, 0.15) is 11.6 Å². The van der Waals surface area contributed by atoms with Crippen LogP contribution in [0.1, 0.15) is 0 Å². The number of anilines is 2. The molecule has 0 aromatic carbocycles. The third-order valence-corrected chi connectivity index (χ3v) is 1.59. The van der Waals surface area contributed by atoms with Crippen molar-refractivity contribution in [3.8, 4) is 0 Å². The maximum Gasteiger partial charge on any atom is 0.131 e. The fourth-order valence-electron chi connectivity index (χ4n) is 1.00. The lowest BCUT2D eigenvalue weighted by Gasteiger charge is -2.02. The fraction of sp³-hybridized carbons (Fsp3) is 0. The second kappa shape index (κ2) is 5.19. The van der Waals surface area contributed by atoms with E-state index in [-0.39, 0.29) is 12.4 Å². The predicted octanol–water partition coefficient (Wildman–Crippen LogP) is 2.64. The van der Waals surface area contributed by atoms with Gasteiger partial charge in [0.15, 0.2) is 0 Å². The van der Waals surface area contributed by atoms with Crippen molar-refractivity contribution in [1.29, 1.82) is 0 Å². The topological polar surface area (TPSA) is 37.8 Å². The largest absolute Gasteiger partial charge is 0.325 e. The molecular formula is C10H10ClN3. The van der Waals surface area contributed by atoms with Crippen LogP contribution in [-0.4, -0.2) is 9.97 Å². The molecule has 2 heterocycles. The van der Waals surface area contributed by atoms with E-state index < -0.39 is 0 Å². The van der Waals surface area contributed by atoms with Gasteiger partial charge in [0.25, 0.3) is 0 Å². The maximum absolute atomic E-state index is 4.12. The van der Waals surface area contributed by atoms with Gasteiger partial charge in [-0.15, -0.1) is 12.4 Å². The summed E-state index contributed by atoms with van der Waals surface area (Å²) in [6.45, 7) is 0. The number of nitrogens with zero attached hydrogens (tertiary/aromatic N) is 2. The summed E-state index contributed by atoms with van der Waals surface area (Å²) in [7, 11) is 0. The van der Waals surface area contributed by atoms with Gasteiger partial charge in [-0.1, -0.05) is 12.1 Å². The van der Waals surface area contributed by atoms with Crippen molar-refractivity contribution in [3.05, 3.63) is 48.8 Å². The summed E-state index contributed by atoms with van der Waals surface area (Å²) in [4.78, 5) is 8.25. The van der Waals surface area contributed by atoms with E-state index in [9.17, 15) is 0 Å². The van der Waals surface area contributed by atoms with E-state index in [1.165, 1.54) is 0 Å². The monoisotopic (exact) mass is 207 g/mol. The third-order valence-electron chi connectivity index (χ3n) is 1.59. The van der Waals surface area contributed by atoms with E-state index in [1.807, 2.05) is 36.4 Å². The first-order valence-electron chi connectivity index (χ1n) is 4.04. The molecular weight excluding hydrogens is 198 g/mol. The Morgan fingerprint density at radius 1 is 0.786 bits per heavy atom. The molecule has 2 aromatic rings. The second-order valence-electron chi connectivity index (χ2n) is 2.55. The molecule has 0 aliphatic rings. The minimum absolute atomic E-state index is 0. The molecule has 0 bridgehead atoms. The Hall–Kier alpha value is -1.61. The van der Waals surface area contributed by atoms with Crippen molar-refractivity contribution in [1.82, 2.24) is 9.97 Å². The lowest BCUT2D eigenvalue weighted by atomic mass is 10.4. The van der Waals surface area contributed by atoms with Crippen LogP contribution >= 0.6 is 12.4 Å². The molecule has 2 rings (SSSR count). The lowest BCUT2D eigenvalue weighted by Crippen LogP contribution is -1.93. The normalized spacial score (nSPS) is 8.86. The van der Waals surface area contributed by atoms with E-state index in [2.05, 4.69) is 15.3 Å². The number of aromatic nitrogens is 2. The zero-order valence-electron chi connectivity index (χ0n) is 7.42. The van der Waals surface area contributed by atoms with Gasteiger partial charge in [-0.25, -0.2) is 9.97 Å². The van der Waals surface area contributed by atoms with Crippen LogP contribution in [-0.2, 0) is 0 Å². The summed E-state index contributed by atoms with van der Waals surface area (Å²) >= 11 is 0. The SMILES string of the molecule is Cl.c1ccc(Nc2ccccn2)nc1. The van der Waals surface area contributed by atoms with Gasteiger partial charge in [0.2, 0.25) is 0 Å². The van der Waals surface area contributed by atoms with Crippen molar-refractivity contribution in [2.45, 2.75) is 0 Å². The van der Waals surface area contributed by atoms with Crippen LogP contribution in [0.15, 0.2) is 48.8 Å². The number of pyridine rings is 2. The Bertz CT molecular complexity index is 326. The van der Waals surface area contributed by atoms with Crippen molar-refractivity contribution >= 4 is 24.0 Å². The van der Waals surface area contributed by atoms with E-state index in [0.29, 0.717) is 0 Å². The fourth-order valence-corrected chi connectivity index (χ4v) is 1.00. The summed E-state index contributed by atoms with van der Waals surface area (Å²) in [6.07, 6.45) is 3.48. The van der Waals surface area contributed by atoms with Crippen LogP contribution < -0.4 is 5.32 Å². The Kier molecular flexibility index (Phi) is 3.88. The quantitative estimate of drug-likeness (QED) is 0.823. The molecule has 4 heteroatoms. The Labute approximate surface area is 88.6 Å². The number of nitrogens with one attached hydrogen (secondary N) is 1. The van der Waals surface area contributed by atoms with Crippen LogP contribution in [0.4, 0.5) is 11.6 Å². The Balaban J connectivity index is 0.000000980. The van der Waals surface area contributed by atoms with Crippen molar-refractivity contribution in [2.24, 2.45) is 0 Å². The van der Waals surface area contributed by atoms with Crippen LogP contribution in [0.5, 0.6) is 0 Å². The molecule has 0 aliphatic carbocycles. The molecule has 72 valence electrons. The minimum Gasteiger partial charge on any atom is -0.325 e. The molecule has 0 aliphatic heterocycles. The van der Waals surface area contributed by atoms with Gasteiger partial charge in [-0.05, 0) is 24.3 Å². The van der Waals surface area contributed by atoms with Crippen LogP contribution in [0.2, 0.25) is 0 Å². The molecule has 1 N–H and O–H groups in total. The van der Waals surface area contributed by atoms with E-state index >= 15 is 0 Å². The molecule has 0 saturated heterocycles. The Morgan fingerprint density at radius 2 is 1.29 bits per heavy atom. The zero-order chi connectivity index (χ0) is 8.93. The van der Waals surface area contributed by atoms with Crippen LogP contribution in [0, 0.1) is 0 Å². The van der Waals surface area contributed by atoms with Gasteiger partial charge in [0, 0.05) is 12.4 Å². The van der Waals surface area contributed by atoms with Gasteiger partial charge in [0.05, 0.1) is 0 Å². The predicted molar refractivity (Wildman–Crippen MR) is 59.0 cm³/mol. The molecule has 0 radical (unpaired) electrons.